The monoisotopic (exact) mass is 381 g/mol. The van der Waals surface area contributed by atoms with E-state index in [2.05, 4.69) is 39.2 Å². The molecule has 1 N–H and O–H groups in total. The van der Waals surface area contributed by atoms with Gasteiger partial charge in [-0.25, -0.2) is 15.0 Å². The zero-order valence-electron chi connectivity index (χ0n) is 16.9. The summed E-state index contributed by atoms with van der Waals surface area (Å²) >= 11 is 0. The minimum Gasteiger partial charge on any atom is -0.367 e. The van der Waals surface area contributed by atoms with Crippen LogP contribution in [0.1, 0.15) is 28.3 Å². The van der Waals surface area contributed by atoms with Crippen molar-refractivity contribution in [3.8, 4) is 0 Å². The number of likely N-dealkylation sites (N-methyl/N-ethyl adjacent to an activating group) is 1. The third-order valence-corrected chi connectivity index (χ3v) is 5.70. The molecule has 4 heterocycles. The Morgan fingerprint density at radius 2 is 2.07 bits per heavy atom. The number of hydrogen-bond donors (Lipinski definition) is 1. The molecule has 28 heavy (non-hydrogen) atoms. The Kier molecular flexibility index (Phi) is 4.89. The fourth-order valence-electron chi connectivity index (χ4n) is 3.86. The molecule has 0 radical (unpaired) electrons. The quantitative estimate of drug-likeness (QED) is 0.867. The highest BCUT2D eigenvalue weighted by molar-refractivity contribution is 6.05. The van der Waals surface area contributed by atoms with Crippen molar-refractivity contribution in [2.24, 2.45) is 0 Å². The SMILES string of the molecule is Cc1nc(C(=O)N2CCNc3ncccc32)nc(N2CC[C@@H](N(C)C)C2)c1C. The molecule has 0 aromatic carbocycles. The van der Waals surface area contributed by atoms with Crippen LogP contribution in [0.25, 0.3) is 0 Å². The number of carbonyl (C=O) groups is 1. The van der Waals surface area contributed by atoms with Crippen molar-refractivity contribution in [1.29, 1.82) is 0 Å². The first kappa shape index (κ1) is 18.6. The summed E-state index contributed by atoms with van der Waals surface area (Å²) in [6.07, 6.45) is 2.81. The van der Waals surface area contributed by atoms with Gasteiger partial charge >= 0.3 is 0 Å². The number of pyridine rings is 1. The van der Waals surface area contributed by atoms with Gasteiger partial charge in [0.05, 0.1) is 5.69 Å². The first-order chi connectivity index (χ1) is 13.5. The fourth-order valence-corrected chi connectivity index (χ4v) is 3.86. The lowest BCUT2D eigenvalue weighted by Gasteiger charge is -2.29. The number of carbonyl (C=O) groups excluding carboxylic acids is 1. The number of nitrogens with one attached hydrogen (secondary N) is 1. The number of aromatic nitrogens is 3. The van der Waals surface area contributed by atoms with Crippen LogP contribution < -0.4 is 15.1 Å². The lowest BCUT2D eigenvalue weighted by molar-refractivity contribution is 0.0977. The molecular weight excluding hydrogens is 354 g/mol. The Morgan fingerprint density at radius 1 is 1.25 bits per heavy atom. The van der Waals surface area contributed by atoms with Gasteiger partial charge in [0.2, 0.25) is 5.82 Å². The van der Waals surface area contributed by atoms with Crippen LogP contribution in [0.15, 0.2) is 18.3 Å². The molecule has 8 nitrogen and oxygen atoms in total. The van der Waals surface area contributed by atoms with E-state index in [0.29, 0.717) is 19.1 Å². The number of rotatable bonds is 3. The van der Waals surface area contributed by atoms with Gasteiger partial charge in [0, 0.05) is 49.7 Å². The summed E-state index contributed by atoms with van der Waals surface area (Å²) in [5.74, 6) is 1.67. The highest BCUT2D eigenvalue weighted by Gasteiger charge is 2.30. The first-order valence-corrected chi connectivity index (χ1v) is 9.73. The Labute approximate surface area is 165 Å². The highest BCUT2D eigenvalue weighted by Crippen LogP contribution is 2.29. The summed E-state index contributed by atoms with van der Waals surface area (Å²) in [6, 6.07) is 4.24. The van der Waals surface area contributed by atoms with Crippen LogP contribution in [0, 0.1) is 13.8 Å². The summed E-state index contributed by atoms with van der Waals surface area (Å²) in [4.78, 5) is 33.1. The molecule has 2 aliphatic heterocycles. The van der Waals surface area contributed by atoms with E-state index in [1.165, 1.54) is 0 Å². The van der Waals surface area contributed by atoms with Crippen molar-refractivity contribution in [2.75, 3.05) is 55.4 Å². The van der Waals surface area contributed by atoms with Crippen LogP contribution in [0.2, 0.25) is 0 Å². The summed E-state index contributed by atoms with van der Waals surface area (Å²) in [5.41, 5.74) is 2.66. The molecule has 4 rings (SSSR count). The smallest absolute Gasteiger partial charge is 0.296 e. The summed E-state index contributed by atoms with van der Waals surface area (Å²) in [7, 11) is 4.22. The second-order valence-electron chi connectivity index (χ2n) is 7.69. The molecule has 1 amide bonds. The van der Waals surface area contributed by atoms with E-state index < -0.39 is 0 Å². The number of hydrogen-bond acceptors (Lipinski definition) is 7. The molecular formula is C20H27N7O. The van der Waals surface area contributed by atoms with Gasteiger partial charge in [0.15, 0.2) is 0 Å². The number of fused-ring (bicyclic) bond motifs is 1. The van der Waals surface area contributed by atoms with Gasteiger partial charge in [-0.3, -0.25) is 4.79 Å². The molecule has 0 unspecified atom stereocenters. The van der Waals surface area contributed by atoms with Crippen molar-refractivity contribution in [3.63, 3.8) is 0 Å². The molecule has 0 saturated carbocycles. The first-order valence-electron chi connectivity index (χ1n) is 9.73. The molecule has 1 saturated heterocycles. The average Bonchev–Trinajstić information content (AvgIpc) is 3.19. The summed E-state index contributed by atoms with van der Waals surface area (Å²) < 4.78 is 0. The highest BCUT2D eigenvalue weighted by atomic mass is 16.2. The number of aryl methyl sites for hydroxylation is 1. The maximum absolute atomic E-state index is 13.3. The second kappa shape index (κ2) is 7.35. The molecule has 1 fully saturated rings. The Hall–Kier alpha value is -2.74. The molecule has 0 aliphatic carbocycles. The van der Waals surface area contributed by atoms with E-state index in [1.807, 2.05) is 26.0 Å². The van der Waals surface area contributed by atoms with Crippen LogP contribution in [-0.4, -0.2) is 72.1 Å². The van der Waals surface area contributed by atoms with Gasteiger partial charge in [0.1, 0.15) is 11.6 Å². The maximum atomic E-state index is 13.3. The van der Waals surface area contributed by atoms with Crippen molar-refractivity contribution in [3.05, 3.63) is 35.4 Å². The third-order valence-electron chi connectivity index (χ3n) is 5.70. The van der Waals surface area contributed by atoms with Gasteiger partial charge < -0.3 is 20.0 Å². The molecule has 1 atom stereocenters. The van der Waals surface area contributed by atoms with E-state index in [9.17, 15) is 4.79 Å². The number of amides is 1. The minimum atomic E-state index is -0.177. The Balaban J connectivity index is 1.66. The van der Waals surface area contributed by atoms with E-state index in [1.54, 1.807) is 11.1 Å². The summed E-state index contributed by atoms with van der Waals surface area (Å²) in [5, 5.41) is 3.23. The Morgan fingerprint density at radius 3 is 2.82 bits per heavy atom. The van der Waals surface area contributed by atoms with Crippen molar-refractivity contribution in [2.45, 2.75) is 26.3 Å². The van der Waals surface area contributed by atoms with Crippen LogP contribution in [-0.2, 0) is 0 Å². The fraction of sp³-hybridized carbons (Fsp3) is 0.500. The van der Waals surface area contributed by atoms with E-state index in [4.69, 9.17) is 4.98 Å². The van der Waals surface area contributed by atoms with Crippen LogP contribution in [0.4, 0.5) is 17.3 Å². The van der Waals surface area contributed by atoms with Gasteiger partial charge in [-0.15, -0.1) is 0 Å². The molecule has 2 aliphatic rings. The zero-order valence-corrected chi connectivity index (χ0v) is 16.9. The normalized spacial score (nSPS) is 19.0. The second-order valence-corrected chi connectivity index (χ2v) is 7.69. The lowest BCUT2D eigenvalue weighted by atomic mass is 10.2. The van der Waals surface area contributed by atoms with Crippen LogP contribution >= 0.6 is 0 Å². The molecule has 0 bridgehead atoms. The van der Waals surface area contributed by atoms with E-state index in [-0.39, 0.29) is 11.7 Å². The molecule has 8 heteroatoms. The van der Waals surface area contributed by atoms with Crippen LogP contribution in [0.5, 0.6) is 0 Å². The van der Waals surface area contributed by atoms with Gasteiger partial charge in [-0.1, -0.05) is 0 Å². The zero-order chi connectivity index (χ0) is 19.8. The number of anilines is 3. The van der Waals surface area contributed by atoms with Crippen molar-refractivity contribution < 1.29 is 4.79 Å². The van der Waals surface area contributed by atoms with Gasteiger partial charge in [0.25, 0.3) is 5.91 Å². The van der Waals surface area contributed by atoms with Gasteiger partial charge in [-0.05, 0) is 46.5 Å². The average molecular weight is 381 g/mol. The van der Waals surface area contributed by atoms with Crippen molar-refractivity contribution in [1.82, 2.24) is 19.9 Å². The van der Waals surface area contributed by atoms with Crippen molar-refractivity contribution >= 4 is 23.2 Å². The number of nitrogens with zero attached hydrogens (tertiary/aromatic N) is 6. The van der Waals surface area contributed by atoms with Crippen LogP contribution in [0.3, 0.4) is 0 Å². The molecule has 2 aromatic rings. The molecule has 148 valence electrons. The molecule has 2 aromatic heterocycles. The lowest BCUT2D eigenvalue weighted by Crippen LogP contribution is -2.40. The largest absolute Gasteiger partial charge is 0.367 e. The maximum Gasteiger partial charge on any atom is 0.296 e. The predicted molar refractivity (Wildman–Crippen MR) is 110 cm³/mol. The Bertz CT molecular complexity index is 898. The third kappa shape index (κ3) is 3.28. The topological polar surface area (TPSA) is 77.5 Å². The van der Waals surface area contributed by atoms with Gasteiger partial charge in [-0.2, -0.15) is 0 Å². The van der Waals surface area contributed by atoms with E-state index >= 15 is 0 Å². The van der Waals surface area contributed by atoms with E-state index in [0.717, 1.165) is 48.1 Å². The standard InChI is InChI=1S/C20H27N7O/c1-13-14(2)23-18(24-19(13)26-10-7-15(12-26)25(3)4)20(28)27-11-9-22-17-16(27)6-5-8-21-17/h5-6,8,15H,7,9-12H2,1-4H3,(H,21,22)/t15-/m1/s1. The molecule has 0 spiro atoms. The summed E-state index contributed by atoms with van der Waals surface area (Å²) in [6.45, 7) is 7.06. The minimum absolute atomic E-state index is 0.177. The predicted octanol–water partition coefficient (Wildman–Crippen LogP) is 1.70.